The van der Waals surface area contributed by atoms with Crippen LogP contribution in [0.3, 0.4) is 0 Å². The van der Waals surface area contributed by atoms with E-state index in [4.69, 9.17) is 16.3 Å². The van der Waals surface area contributed by atoms with E-state index in [1.54, 1.807) is 31.2 Å². The van der Waals surface area contributed by atoms with E-state index in [9.17, 15) is 13.2 Å². The van der Waals surface area contributed by atoms with Gasteiger partial charge in [0.1, 0.15) is 5.75 Å². The van der Waals surface area contributed by atoms with E-state index in [-0.39, 0.29) is 4.90 Å². The van der Waals surface area contributed by atoms with Gasteiger partial charge in [0.05, 0.1) is 17.7 Å². The molecule has 0 radical (unpaired) electrons. The molecule has 5 nitrogen and oxygen atoms in total. The SMILES string of the molecule is COc1cc(Cl)c(C)cc1NC(=O)C1(S(=O)(=O)c2cc(C)ccc2C)CCCC1. The van der Waals surface area contributed by atoms with Crippen LogP contribution in [-0.2, 0) is 14.6 Å². The standard InChI is InChI=1S/C22H26ClNO4S/c1-14-7-8-15(2)20(11-14)29(26,27)22(9-5-6-10-22)21(25)24-18-12-16(3)17(23)13-19(18)28-4/h7-8,11-13H,5-6,9-10H2,1-4H3,(H,24,25). The number of carbonyl (C=O) groups excluding carboxylic acids is 1. The minimum Gasteiger partial charge on any atom is -0.495 e. The second kappa shape index (κ2) is 8.00. The molecule has 2 aromatic carbocycles. The van der Waals surface area contributed by atoms with Gasteiger partial charge in [0.2, 0.25) is 5.91 Å². The second-order valence-corrected chi connectivity index (χ2v) is 10.4. The van der Waals surface area contributed by atoms with Gasteiger partial charge in [0.25, 0.3) is 0 Å². The largest absolute Gasteiger partial charge is 0.495 e. The van der Waals surface area contributed by atoms with E-state index in [0.717, 1.165) is 11.1 Å². The molecular weight excluding hydrogens is 410 g/mol. The number of amides is 1. The van der Waals surface area contributed by atoms with Gasteiger partial charge in [-0.05, 0) is 62.4 Å². The van der Waals surface area contributed by atoms with Gasteiger partial charge in [-0.3, -0.25) is 4.79 Å². The average Bonchev–Trinajstić information content (AvgIpc) is 3.18. The predicted molar refractivity (Wildman–Crippen MR) is 116 cm³/mol. The van der Waals surface area contributed by atoms with Crippen molar-refractivity contribution in [3.63, 3.8) is 0 Å². The lowest BCUT2D eigenvalue weighted by molar-refractivity contribution is -0.118. The zero-order valence-electron chi connectivity index (χ0n) is 17.1. The molecule has 1 aliphatic rings. The number of rotatable bonds is 5. The molecule has 0 heterocycles. The van der Waals surface area contributed by atoms with Gasteiger partial charge < -0.3 is 10.1 Å². The highest BCUT2D eigenvalue weighted by Gasteiger charge is 2.53. The van der Waals surface area contributed by atoms with Crippen LogP contribution in [-0.4, -0.2) is 26.2 Å². The number of hydrogen-bond donors (Lipinski definition) is 1. The molecule has 3 rings (SSSR count). The number of anilines is 1. The van der Waals surface area contributed by atoms with E-state index >= 15 is 0 Å². The van der Waals surface area contributed by atoms with Gasteiger partial charge in [-0.25, -0.2) is 8.42 Å². The third-order valence-electron chi connectivity index (χ3n) is 5.70. The summed E-state index contributed by atoms with van der Waals surface area (Å²) in [5, 5.41) is 3.33. The molecule has 0 bridgehead atoms. The van der Waals surface area contributed by atoms with E-state index in [2.05, 4.69) is 5.32 Å². The van der Waals surface area contributed by atoms with E-state index in [1.165, 1.54) is 7.11 Å². The van der Waals surface area contributed by atoms with Crippen molar-refractivity contribution in [2.75, 3.05) is 12.4 Å². The first kappa shape index (κ1) is 21.7. The molecule has 7 heteroatoms. The number of aryl methyl sites for hydroxylation is 3. The van der Waals surface area contributed by atoms with Crippen LogP contribution in [0.15, 0.2) is 35.2 Å². The molecular formula is C22H26ClNO4S. The lowest BCUT2D eigenvalue weighted by Crippen LogP contribution is -2.47. The summed E-state index contributed by atoms with van der Waals surface area (Å²) in [6, 6.07) is 8.63. The molecule has 1 fully saturated rings. The second-order valence-electron chi connectivity index (χ2n) is 7.73. The zero-order valence-corrected chi connectivity index (χ0v) is 18.7. The number of sulfone groups is 1. The van der Waals surface area contributed by atoms with Crippen molar-refractivity contribution < 1.29 is 17.9 Å². The Kier molecular flexibility index (Phi) is 5.97. The Labute approximate surface area is 177 Å². The number of carbonyl (C=O) groups is 1. The molecule has 1 aliphatic carbocycles. The third-order valence-corrected chi connectivity index (χ3v) is 8.75. The maximum absolute atomic E-state index is 13.7. The Morgan fingerprint density at radius 2 is 1.72 bits per heavy atom. The first-order chi connectivity index (χ1) is 13.6. The van der Waals surface area contributed by atoms with Crippen LogP contribution in [0.5, 0.6) is 5.75 Å². The summed E-state index contributed by atoms with van der Waals surface area (Å²) in [5.41, 5.74) is 2.68. The molecule has 0 unspecified atom stereocenters. The number of halogens is 1. The first-order valence-corrected chi connectivity index (χ1v) is 11.5. The summed E-state index contributed by atoms with van der Waals surface area (Å²) in [4.78, 5) is 13.7. The summed E-state index contributed by atoms with van der Waals surface area (Å²) >= 11 is 6.15. The average molecular weight is 436 g/mol. The Bertz CT molecular complexity index is 1060. The fourth-order valence-electron chi connectivity index (χ4n) is 3.94. The van der Waals surface area contributed by atoms with E-state index in [0.29, 0.717) is 47.7 Å². The Balaban J connectivity index is 2.07. The number of methoxy groups -OCH3 is 1. The summed E-state index contributed by atoms with van der Waals surface area (Å²) < 4.78 is 31.3. The summed E-state index contributed by atoms with van der Waals surface area (Å²) in [7, 11) is -2.41. The van der Waals surface area contributed by atoms with Crippen LogP contribution < -0.4 is 10.1 Å². The number of benzene rings is 2. The minimum atomic E-state index is -3.89. The quantitative estimate of drug-likeness (QED) is 0.717. The van der Waals surface area contributed by atoms with Gasteiger partial charge in [-0.2, -0.15) is 0 Å². The van der Waals surface area contributed by atoms with Crippen LogP contribution in [0.4, 0.5) is 5.69 Å². The van der Waals surface area contributed by atoms with Crippen molar-refractivity contribution in [2.45, 2.75) is 56.1 Å². The highest BCUT2D eigenvalue weighted by atomic mass is 35.5. The van der Waals surface area contributed by atoms with Crippen molar-refractivity contribution in [1.82, 2.24) is 0 Å². The van der Waals surface area contributed by atoms with Crippen LogP contribution in [0.1, 0.15) is 42.4 Å². The maximum Gasteiger partial charge on any atom is 0.246 e. The third kappa shape index (κ3) is 3.76. The lowest BCUT2D eigenvalue weighted by Gasteiger charge is -2.29. The fraction of sp³-hybridized carbons (Fsp3) is 0.409. The summed E-state index contributed by atoms with van der Waals surface area (Å²) in [6.45, 7) is 5.43. The molecule has 29 heavy (non-hydrogen) atoms. The van der Waals surface area contributed by atoms with E-state index < -0.39 is 20.5 Å². The minimum absolute atomic E-state index is 0.230. The maximum atomic E-state index is 13.7. The number of nitrogens with one attached hydrogen (secondary N) is 1. The highest BCUT2D eigenvalue weighted by molar-refractivity contribution is 7.93. The smallest absolute Gasteiger partial charge is 0.246 e. The molecule has 0 aromatic heterocycles. The molecule has 1 amide bonds. The van der Waals surface area contributed by atoms with Crippen molar-refractivity contribution in [2.24, 2.45) is 0 Å². The zero-order chi connectivity index (χ0) is 21.4. The molecule has 0 atom stereocenters. The van der Waals surface area contributed by atoms with Crippen molar-refractivity contribution in [3.05, 3.63) is 52.0 Å². The predicted octanol–water partition coefficient (Wildman–Crippen LogP) is 5.00. The summed E-state index contributed by atoms with van der Waals surface area (Å²) in [6.07, 6.45) is 1.97. The number of hydrogen-bond acceptors (Lipinski definition) is 4. The Morgan fingerprint density at radius 3 is 2.34 bits per heavy atom. The highest BCUT2D eigenvalue weighted by Crippen LogP contribution is 2.43. The number of ether oxygens (including phenoxy) is 1. The van der Waals surface area contributed by atoms with Gasteiger partial charge >= 0.3 is 0 Å². The van der Waals surface area contributed by atoms with Crippen molar-refractivity contribution in [1.29, 1.82) is 0 Å². The molecule has 0 spiro atoms. The fourth-order valence-corrected chi connectivity index (χ4v) is 6.47. The normalized spacial score (nSPS) is 15.9. The van der Waals surface area contributed by atoms with Crippen LogP contribution in [0, 0.1) is 20.8 Å². The van der Waals surface area contributed by atoms with Gasteiger partial charge in [0.15, 0.2) is 14.6 Å². The van der Waals surface area contributed by atoms with Crippen LogP contribution >= 0.6 is 11.6 Å². The van der Waals surface area contributed by atoms with E-state index in [1.807, 2.05) is 19.9 Å². The van der Waals surface area contributed by atoms with Gasteiger partial charge in [-0.15, -0.1) is 0 Å². The Hall–Kier alpha value is -2.05. The summed E-state index contributed by atoms with van der Waals surface area (Å²) in [5.74, 6) is -0.123. The first-order valence-electron chi connectivity index (χ1n) is 9.60. The topological polar surface area (TPSA) is 72.5 Å². The monoisotopic (exact) mass is 435 g/mol. The van der Waals surface area contributed by atoms with Crippen LogP contribution in [0.25, 0.3) is 0 Å². The molecule has 1 N–H and O–H groups in total. The van der Waals surface area contributed by atoms with Crippen LogP contribution in [0.2, 0.25) is 5.02 Å². The van der Waals surface area contributed by atoms with Gasteiger partial charge in [0, 0.05) is 11.1 Å². The molecule has 0 saturated heterocycles. The lowest BCUT2D eigenvalue weighted by atomic mass is 10.1. The van der Waals surface area contributed by atoms with Crippen molar-refractivity contribution in [3.8, 4) is 5.75 Å². The van der Waals surface area contributed by atoms with Crippen molar-refractivity contribution >= 4 is 33.0 Å². The molecule has 1 saturated carbocycles. The Morgan fingerprint density at radius 1 is 1.07 bits per heavy atom. The van der Waals surface area contributed by atoms with Gasteiger partial charge in [-0.1, -0.05) is 36.6 Å². The molecule has 2 aromatic rings. The molecule has 0 aliphatic heterocycles. The molecule has 156 valence electrons.